The monoisotopic (exact) mass is 395 g/mol. The van der Waals surface area contributed by atoms with Crippen molar-refractivity contribution in [2.75, 3.05) is 26.2 Å². The van der Waals surface area contributed by atoms with Crippen molar-refractivity contribution in [1.82, 2.24) is 10.2 Å². The van der Waals surface area contributed by atoms with Gasteiger partial charge in [-0.2, -0.15) is 0 Å². The van der Waals surface area contributed by atoms with Gasteiger partial charge in [0.1, 0.15) is 49.1 Å². The van der Waals surface area contributed by atoms with Gasteiger partial charge in [0.15, 0.2) is 0 Å². The predicted molar refractivity (Wildman–Crippen MR) is 93.3 cm³/mol. The van der Waals surface area contributed by atoms with Crippen LogP contribution in [0.25, 0.3) is 0 Å². The minimum atomic E-state index is -1.47. The van der Waals surface area contributed by atoms with Crippen LogP contribution in [0, 0.1) is 0 Å². The molecule has 0 spiro atoms. The molecule has 27 heavy (non-hydrogen) atoms. The number of nitrogens with two attached hydrogens (primary N) is 1. The fourth-order valence-electron chi connectivity index (χ4n) is 3.44. The zero-order chi connectivity index (χ0) is 20.3. The summed E-state index contributed by atoms with van der Waals surface area (Å²) in [5, 5.41) is 64.0. The Balaban J connectivity index is 2.22. The van der Waals surface area contributed by atoms with Crippen molar-refractivity contribution >= 4 is 0 Å². The summed E-state index contributed by atoms with van der Waals surface area (Å²) in [5.74, 6) is 0. The molecule has 11 heteroatoms. The minimum absolute atomic E-state index is 0.217. The predicted octanol–water partition coefficient (Wildman–Crippen LogP) is -4.51. The topological polar surface area (TPSA) is 181 Å². The van der Waals surface area contributed by atoms with Gasteiger partial charge in [-0.05, 0) is 13.8 Å². The molecule has 0 saturated carbocycles. The van der Waals surface area contributed by atoms with E-state index in [1.807, 2.05) is 0 Å². The highest BCUT2D eigenvalue weighted by molar-refractivity contribution is 4.96. The van der Waals surface area contributed by atoms with E-state index in [-0.39, 0.29) is 6.54 Å². The maximum atomic E-state index is 10.4. The lowest BCUT2D eigenvalue weighted by Crippen LogP contribution is -2.69. The molecule has 10 atom stereocenters. The van der Waals surface area contributed by atoms with E-state index < -0.39 is 61.3 Å². The van der Waals surface area contributed by atoms with Crippen LogP contribution in [0.3, 0.4) is 0 Å². The lowest BCUT2D eigenvalue weighted by molar-refractivity contribution is -0.315. The van der Waals surface area contributed by atoms with Gasteiger partial charge in [-0.1, -0.05) is 0 Å². The summed E-state index contributed by atoms with van der Waals surface area (Å²) in [6.45, 7) is 4.69. The van der Waals surface area contributed by atoms with Gasteiger partial charge in [0.05, 0.1) is 12.2 Å². The number of aliphatic hydroxyl groups is 6. The molecule has 11 nitrogen and oxygen atoms in total. The van der Waals surface area contributed by atoms with Crippen molar-refractivity contribution in [1.29, 1.82) is 0 Å². The molecule has 0 aliphatic carbocycles. The highest BCUT2D eigenvalue weighted by atomic mass is 16.6. The second-order valence-electron chi connectivity index (χ2n) is 7.18. The molecule has 0 aromatic heterocycles. The molecule has 2 fully saturated rings. The molecule has 0 aromatic rings. The maximum absolute atomic E-state index is 10.4. The van der Waals surface area contributed by atoms with Gasteiger partial charge in [-0.25, -0.2) is 4.90 Å². The first kappa shape index (κ1) is 22.8. The number of ether oxygens (including phenoxy) is 2. The summed E-state index contributed by atoms with van der Waals surface area (Å²) in [6.07, 6.45) is -12.1. The Hall–Kier alpha value is -0.440. The van der Waals surface area contributed by atoms with E-state index in [1.54, 1.807) is 13.8 Å². The minimum Gasteiger partial charge on any atom is -0.388 e. The van der Waals surface area contributed by atoms with Crippen molar-refractivity contribution in [3.05, 3.63) is 0 Å². The molecule has 0 aromatic carbocycles. The van der Waals surface area contributed by atoms with Gasteiger partial charge in [0.2, 0.25) is 0 Å². The van der Waals surface area contributed by atoms with Gasteiger partial charge in [0, 0.05) is 26.2 Å². The van der Waals surface area contributed by atoms with Gasteiger partial charge >= 0.3 is 0 Å². The molecule has 160 valence electrons. The SMILES string of the molecule is C[C@@H]1OC(N(CCNCCN)C2O[C@@H](C)[C@@H](O)[C@@H](O)[C@@H]2O)[C@@H](O)[C@H](O)[C@@H]1O. The van der Waals surface area contributed by atoms with Crippen molar-refractivity contribution in [3.63, 3.8) is 0 Å². The average molecular weight is 395 g/mol. The normalized spacial score (nSPS) is 46.0. The molecule has 2 unspecified atom stereocenters. The van der Waals surface area contributed by atoms with E-state index in [0.717, 1.165) is 0 Å². The van der Waals surface area contributed by atoms with E-state index in [0.29, 0.717) is 19.6 Å². The fourth-order valence-corrected chi connectivity index (χ4v) is 3.44. The van der Waals surface area contributed by atoms with E-state index in [2.05, 4.69) is 5.32 Å². The molecule has 2 saturated heterocycles. The first-order valence-corrected chi connectivity index (χ1v) is 9.26. The fraction of sp³-hybridized carbons (Fsp3) is 1.00. The van der Waals surface area contributed by atoms with E-state index >= 15 is 0 Å². The summed E-state index contributed by atoms with van der Waals surface area (Å²) in [7, 11) is 0. The van der Waals surface area contributed by atoms with Crippen LogP contribution in [-0.2, 0) is 9.47 Å². The maximum Gasteiger partial charge on any atom is 0.142 e. The zero-order valence-electron chi connectivity index (χ0n) is 15.6. The van der Waals surface area contributed by atoms with Gasteiger partial charge in [-0.3, -0.25) is 0 Å². The summed E-state index contributed by atoms with van der Waals surface area (Å²) < 4.78 is 11.4. The molecule has 0 radical (unpaired) electrons. The van der Waals surface area contributed by atoms with Crippen LogP contribution in [0.2, 0.25) is 0 Å². The summed E-state index contributed by atoms with van der Waals surface area (Å²) in [5.41, 5.74) is 5.45. The number of rotatable bonds is 7. The summed E-state index contributed by atoms with van der Waals surface area (Å²) >= 11 is 0. The molecule has 2 aliphatic heterocycles. The smallest absolute Gasteiger partial charge is 0.142 e. The number of hydrogen-bond donors (Lipinski definition) is 8. The van der Waals surface area contributed by atoms with Crippen LogP contribution >= 0.6 is 0 Å². The Labute approximate surface area is 158 Å². The Bertz CT molecular complexity index is 427. The lowest BCUT2D eigenvalue weighted by Gasteiger charge is -2.50. The first-order valence-electron chi connectivity index (χ1n) is 9.26. The highest BCUT2D eigenvalue weighted by Gasteiger charge is 2.50. The Morgan fingerprint density at radius 2 is 1.19 bits per heavy atom. The van der Waals surface area contributed by atoms with Crippen LogP contribution in [0.1, 0.15) is 13.8 Å². The second kappa shape index (κ2) is 9.85. The van der Waals surface area contributed by atoms with Crippen molar-refractivity contribution in [2.45, 2.75) is 75.1 Å². The number of nitrogens with zero attached hydrogens (tertiary/aromatic N) is 1. The molecular formula is C16H33N3O8. The van der Waals surface area contributed by atoms with Crippen LogP contribution in [-0.4, -0.2) is 123 Å². The summed E-state index contributed by atoms with van der Waals surface area (Å²) in [4.78, 5) is 1.47. The molecule has 2 aliphatic rings. The molecule has 9 N–H and O–H groups in total. The van der Waals surface area contributed by atoms with Gasteiger partial charge < -0.3 is 51.2 Å². The first-order chi connectivity index (χ1) is 12.7. The third-order valence-corrected chi connectivity index (χ3v) is 5.18. The van der Waals surface area contributed by atoms with Crippen molar-refractivity contribution < 1.29 is 40.1 Å². The average Bonchev–Trinajstić information content (AvgIpc) is 2.65. The number of hydrogen-bond acceptors (Lipinski definition) is 11. The third-order valence-electron chi connectivity index (χ3n) is 5.18. The number of aliphatic hydroxyl groups excluding tert-OH is 6. The van der Waals surface area contributed by atoms with Gasteiger partial charge in [-0.15, -0.1) is 0 Å². The molecule has 2 heterocycles. The Morgan fingerprint density at radius 1 is 0.741 bits per heavy atom. The zero-order valence-corrected chi connectivity index (χ0v) is 15.6. The second-order valence-corrected chi connectivity index (χ2v) is 7.18. The van der Waals surface area contributed by atoms with Gasteiger partial charge in [0.25, 0.3) is 0 Å². The largest absolute Gasteiger partial charge is 0.388 e. The quantitative estimate of drug-likeness (QED) is 0.195. The van der Waals surface area contributed by atoms with Crippen LogP contribution < -0.4 is 11.1 Å². The highest BCUT2D eigenvalue weighted by Crippen LogP contribution is 2.30. The molecule has 2 rings (SSSR count). The molecular weight excluding hydrogens is 362 g/mol. The lowest BCUT2D eigenvalue weighted by atomic mass is 9.95. The molecule has 0 amide bonds. The third kappa shape index (κ3) is 4.95. The Morgan fingerprint density at radius 3 is 1.59 bits per heavy atom. The van der Waals surface area contributed by atoms with E-state index in [9.17, 15) is 30.6 Å². The standard InChI is InChI=1S/C16H33N3O8/c1-7-9(20)11(22)13(24)15(26-7)19(6-5-18-4-3-17)16-14(25)12(23)10(21)8(2)27-16/h7-16,18,20-25H,3-6,17H2,1-2H3/t7-,8-,9+,10+,11+,12+,13-,14-,15?,16?/m0/s1. The number of nitrogens with one attached hydrogen (secondary N) is 1. The molecule has 0 bridgehead atoms. The summed E-state index contributed by atoms with van der Waals surface area (Å²) in [6, 6.07) is 0. The van der Waals surface area contributed by atoms with Crippen LogP contribution in [0.4, 0.5) is 0 Å². The van der Waals surface area contributed by atoms with E-state index in [1.165, 1.54) is 4.90 Å². The Kier molecular flexibility index (Phi) is 8.34. The van der Waals surface area contributed by atoms with Crippen molar-refractivity contribution in [3.8, 4) is 0 Å². The van der Waals surface area contributed by atoms with Crippen molar-refractivity contribution in [2.24, 2.45) is 5.73 Å². The van der Waals surface area contributed by atoms with E-state index in [4.69, 9.17) is 15.2 Å². The van der Waals surface area contributed by atoms with Crippen LogP contribution in [0.5, 0.6) is 0 Å². The van der Waals surface area contributed by atoms with Crippen LogP contribution in [0.15, 0.2) is 0 Å².